The molecule has 0 bridgehead atoms. The van der Waals surface area contributed by atoms with Gasteiger partial charge in [0.25, 0.3) is 5.69 Å². The molecular formula is C16H17ClN4O4. The highest BCUT2D eigenvalue weighted by Crippen LogP contribution is 2.27. The minimum Gasteiger partial charge on any atom is -0.395 e. The van der Waals surface area contributed by atoms with Gasteiger partial charge in [-0.15, -0.1) is 0 Å². The molecule has 4 N–H and O–H groups in total. The number of nitro benzene ring substituents is 1. The van der Waals surface area contributed by atoms with Crippen LogP contribution < -0.4 is 16.0 Å². The Hall–Kier alpha value is -2.84. The lowest BCUT2D eigenvalue weighted by Crippen LogP contribution is -2.22. The molecule has 0 saturated carbocycles. The molecule has 0 atom stereocenters. The molecule has 0 unspecified atom stereocenters. The molecular weight excluding hydrogens is 348 g/mol. The van der Waals surface area contributed by atoms with Crippen molar-refractivity contribution in [2.45, 2.75) is 0 Å². The molecule has 9 heteroatoms. The lowest BCUT2D eigenvalue weighted by molar-refractivity contribution is -0.384. The van der Waals surface area contributed by atoms with E-state index >= 15 is 0 Å². The molecule has 0 aliphatic carbocycles. The van der Waals surface area contributed by atoms with Gasteiger partial charge in [0.1, 0.15) is 0 Å². The summed E-state index contributed by atoms with van der Waals surface area (Å²) in [5.41, 5.74) is 1.30. The maximum Gasteiger partial charge on any atom is 0.271 e. The van der Waals surface area contributed by atoms with E-state index in [1.54, 1.807) is 24.3 Å². The summed E-state index contributed by atoms with van der Waals surface area (Å²) in [6.07, 6.45) is 0. The zero-order chi connectivity index (χ0) is 18.2. The fourth-order valence-corrected chi connectivity index (χ4v) is 2.25. The van der Waals surface area contributed by atoms with E-state index in [9.17, 15) is 14.9 Å². The summed E-state index contributed by atoms with van der Waals surface area (Å²) >= 11 is 5.98. The van der Waals surface area contributed by atoms with Gasteiger partial charge in [0.15, 0.2) is 0 Å². The normalized spacial score (nSPS) is 10.2. The Morgan fingerprint density at radius 2 is 1.88 bits per heavy atom. The Labute approximate surface area is 149 Å². The molecule has 0 saturated heterocycles. The second-order valence-electron chi connectivity index (χ2n) is 5.02. The Bertz CT molecular complexity index is 770. The number of nitrogens with zero attached hydrogens (tertiary/aromatic N) is 1. The van der Waals surface area contributed by atoms with Gasteiger partial charge in [-0.05, 0) is 18.2 Å². The number of halogens is 1. The smallest absolute Gasteiger partial charge is 0.271 e. The number of non-ortho nitro benzene ring substituents is 1. The van der Waals surface area contributed by atoms with Crippen LogP contribution in [0.5, 0.6) is 0 Å². The first kappa shape index (κ1) is 18.5. The van der Waals surface area contributed by atoms with Crippen molar-refractivity contribution in [3.63, 3.8) is 0 Å². The minimum absolute atomic E-state index is 0.0938. The molecule has 2 aromatic carbocycles. The van der Waals surface area contributed by atoms with Crippen molar-refractivity contribution in [1.29, 1.82) is 0 Å². The number of benzene rings is 2. The van der Waals surface area contributed by atoms with E-state index in [0.717, 1.165) is 0 Å². The average Bonchev–Trinajstić information content (AvgIpc) is 2.60. The number of nitro groups is 1. The third-order valence-electron chi connectivity index (χ3n) is 3.23. The van der Waals surface area contributed by atoms with Crippen LogP contribution in [-0.4, -0.2) is 35.6 Å². The van der Waals surface area contributed by atoms with E-state index in [-0.39, 0.29) is 31.3 Å². The summed E-state index contributed by atoms with van der Waals surface area (Å²) in [6, 6.07) is 11.0. The number of carbonyl (C=O) groups is 1. The number of carbonyl (C=O) groups excluding carboxylic acids is 1. The van der Waals surface area contributed by atoms with Gasteiger partial charge in [-0.2, -0.15) is 0 Å². The number of amides is 1. The molecule has 2 rings (SSSR count). The summed E-state index contributed by atoms with van der Waals surface area (Å²) in [6.45, 7) is 0.0714. The molecule has 0 fully saturated rings. The first-order valence-corrected chi connectivity index (χ1v) is 7.80. The van der Waals surface area contributed by atoms with Crippen LogP contribution in [0.2, 0.25) is 5.02 Å². The van der Waals surface area contributed by atoms with Gasteiger partial charge in [-0.3, -0.25) is 14.9 Å². The Morgan fingerprint density at radius 3 is 2.56 bits per heavy atom. The monoisotopic (exact) mass is 364 g/mol. The van der Waals surface area contributed by atoms with Crippen LogP contribution in [-0.2, 0) is 4.79 Å². The number of aliphatic hydroxyl groups excluding tert-OH is 1. The Balaban J connectivity index is 2.07. The summed E-state index contributed by atoms with van der Waals surface area (Å²) in [5.74, 6) is -0.354. The van der Waals surface area contributed by atoms with Crippen LogP contribution in [0, 0.1) is 10.1 Å². The standard InChI is InChI=1S/C16H17ClN4O4/c17-12-3-1-2-4-13(12)20-16(23)10-19-15-9-11(21(24)25)5-6-14(15)18-7-8-22/h1-6,9,18-19,22H,7-8,10H2,(H,20,23). The van der Waals surface area contributed by atoms with Crippen molar-refractivity contribution in [3.8, 4) is 0 Å². The van der Waals surface area contributed by atoms with Gasteiger partial charge in [-0.25, -0.2) is 0 Å². The molecule has 0 aliphatic heterocycles. The quantitative estimate of drug-likeness (QED) is 0.422. The first-order valence-electron chi connectivity index (χ1n) is 7.42. The van der Waals surface area contributed by atoms with Gasteiger partial charge in [0, 0.05) is 18.7 Å². The van der Waals surface area contributed by atoms with Crippen molar-refractivity contribution in [1.82, 2.24) is 0 Å². The molecule has 132 valence electrons. The number of hydrogen-bond donors (Lipinski definition) is 4. The van der Waals surface area contributed by atoms with Crippen molar-refractivity contribution >= 4 is 40.3 Å². The summed E-state index contributed by atoms with van der Waals surface area (Å²) in [7, 11) is 0. The molecule has 0 radical (unpaired) electrons. The maximum atomic E-state index is 12.1. The number of hydrogen-bond acceptors (Lipinski definition) is 6. The van der Waals surface area contributed by atoms with Crippen LogP contribution in [0.25, 0.3) is 0 Å². The number of rotatable bonds is 8. The molecule has 0 aromatic heterocycles. The Kier molecular flexibility index (Phi) is 6.55. The van der Waals surface area contributed by atoms with Crippen LogP contribution in [0.4, 0.5) is 22.7 Å². The Morgan fingerprint density at radius 1 is 1.12 bits per heavy atom. The molecule has 0 spiro atoms. The highest BCUT2D eigenvalue weighted by atomic mass is 35.5. The van der Waals surface area contributed by atoms with Crippen molar-refractivity contribution in [2.75, 3.05) is 35.6 Å². The van der Waals surface area contributed by atoms with Crippen LogP contribution in [0.15, 0.2) is 42.5 Å². The summed E-state index contributed by atoms with van der Waals surface area (Å²) in [5, 5.41) is 28.7. The van der Waals surface area contributed by atoms with Crippen LogP contribution in [0.1, 0.15) is 0 Å². The lowest BCUT2D eigenvalue weighted by Gasteiger charge is -2.13. The molecule has 25 heavy (non-hydrogen) atoms. The number of para-hydroxylation sites is 1. The van der Waals surface area contributed by atoms with Crippen LogP contribution >= 0.6 is 11.6 Å². The van der Waals surface area contributed by atoms with Gasteiger partial charge >= 0.3 is 0 Å². The number of aliphatic hydroxyl groups is 1. The van der Waals surface area contributed by atoms with Crippen molar-refractivity contribution in [2.24, 2.45) is 0 Å². The van der Waals surface area contributed by atoms with Crippen molar-refractivity contribution < 1.29 is 14.8 Å². The SMILES string of the molecule is O=C(CNc1cc([N+](=O)[O-])ccc1NCCO)Nc1ccccc1Cl. The van der Waals surface area contributed by atoms with Crippen molar-refractivity contribution in [3.05, 3.63) is 57.6 Å². The van der Waals surface area contributed by atoms with Crippen LogP contribution in [0.3, 0.4) is 0 Å². The van der Waals surface area contributed by atoms with Gasteiger partial charge < -0.3 is 21.1 Å². The maximum absolute atomic E-state index is 12.1. The lowest BCUT2D eigenvalue weighted by atomic mass is 10.2. The predicted molar refractivity (Wildman–Crippen MR) is 97.2 cm³/mol. The van der Waals surface area contributed by atoms with E-state index in [2.05, 4.69) is 16.0 Å². The highest BCUT2D eigenvalue weighted by Gasteiger charge is 2.12. The topological polar surface area (TPSA) is 117 Å². The summed E-state index contributed by atoms with van der Waals surface area (Å²) < 4.78 is 0. The first-order chi connectivity index (χ1) is 12.0. The summed E-state index contributed by atoms with van der Waals surface area (Å²) in [4.78, 5) is 22.5. The molecule has 8 nitrogen and oxygen atoms in total. The fraction of sp³-hybridized carbons (Fsp3) is 0.188. The third-order valence-corrected chi connectivity index (χ3v) is 3.56. The van der Waals surface area contributed by atoms with E-state index in [1.807, 2.05) is 0 Å². The zero-order valence-corrected chi connectivity index (χ0v) is 13.9. The highest BCUT2D eigenvalue weighted by molar-refractivity contribution is 6.33. The molecule has 0 aliphatic rings. The van der Waals surface area contributed by atoms with Gasteiger partial charge in [0.05, 0.1) is 40.2 Å². The van der Waals surface area contributed by atoms with E-state index in [1.165, 1.54) is 18.2 Å². The van der Waals surface area contributed by atoms with E-state index in [4.69, 9.17) is 16.7 Å². The average molecular weight is 365 g/mol. The van der Waals surface area contributed by atoms with Gasteiger partial charge in [-0.1, -0.05) is 23.7 Å². The zero-order valence-electron chi connectivity index (χ0n) is 13.2. The molecule has 0 heterocycles. The third kappa shape index (κ3) is 5.33. The van der Waals surface area contributed by atoms with Gasteiger partial charge in [0.2, 0.25) is 5.91 Å². The fourth-order valence-electron chi connectivity index (χ4n) is 2.07. The molecule has 2 aromatic rings. The second-order valence-corrected chi connectivity index (χ2v) is 5.43. The molecule has 1 amide bonds. The number of anilines is 3. The number of nitrogens with one attached hydrogen (secondary N) is 3. The predicted octanol–water partition coefficient (Wildman–Crippen LogP) is 2.70. The van der Waals surface area contributed by atoms with E-state index < -0.39 is 4.92 Å². The second kappa shape index (κ2) is 8.86. The minimum atomic E-state index is -0.523. The largest absolute Gasteiger partial charge is 0.395 e. The van der Waals surface area contributed by atoms with E-state index in [0.29, 0.717) is 22.1 Å².